The molecule has 170 valence electrons. The fraction of sp³-hybridized carbons (Fsp3) is 0.214. The van der Waals surface area contributed by atoms with Gasteiger partial charge in [-0.2, -0.15) is 10.4 Å². The summed E-state index contributed by atoms with van der Waals surface area (Å²) in [6.07, 6.45) is 4.87. The third-order valence-corrected chi connectivity index (χ3v) is 5.72. The molecule has 6 heteroatoms. The van der Waals surface area contributed by atoms with Crippen molar-refractivity contribution in [3.63, 3.8) is 0 Å². The highest BCUT2D eigenvalue weighted by Gasteiger charge is 2.21. The number of nitriles is 1. The average molecular weight is 452 g/mol. The summed E-state index contributed by atoms with van der Waals surface area (Å²) >= 11 is 0. The first-order valence-corrected chi connectivity index (χ1v) is 11.4. The second-order valence-corrected chi connectivity index (χ2v) is 8.18. The molecule has 34 heavy (non-hydrogen) atoms. The van der Waals surface area contributed by atoms with E-state index in [1.807, 2.05) is 65.5 Å². The lowest BCUT2D eigenvalue weighted by molar-refractivity contribution is -0.0394. The number of nitrogens with zero attached hydrogens (tertiary/aromatic N) is 3. The van der Waals surface area contributed by atoms with Crippen molar-refractivity contribution in [1.29, 1.82) is 5.26 Å². The fourth-order valence-electron chi connectivity index (χ4n) is 3.93. The molecule has 1 atom stereocenters. The van der Waals surface area contributed by atoms with E-state index in [0.717, 1.165) is 42.7 Å². The van der Waals surface area contributed by atoms with Crippen molar-refractivity contribution in [3.8, 4) is 34.6 Å². The lowest BCUT2D eigenvalue weighted by atomic mass is 10.1. The van der Waals surface area contributed by atoms with Gasteiger partial charge >= 0.3 is 0 Å². The van der Waals surface area contributed by atoms with Gasteiger partial charge in [0.15, 0.2) is 5.75 Å². The maximum Gasteiger partial charge on any atom is 0.173 e. The van der Waals surface area contributed by atoms with Gasteiger partial charge in [-0.1, -0.05) is 42.5 Å². The van der Waals surface area contributed by atoms with Gasteiger partial charge in [-0.15, -0.1) is 0 Å². The number of hydrogen-bond acceptors (Lipinski definition) is 5. The number of ether oxygens (including phenoxy) is 3. The molecule has 3 aromatic carbocycles. The summed E-state index contributed by atoms with van der Waals surface area (Å²) in [5, 5.41) is 13.9. The minimum atomic E-state index is -0.108. The molecular weight excluding hydrogens is 426 g/mol. The van der Waals surface area contributed by atoms with Gasteiger partial charge in [-0.05, 0) is 61.2 Å². The zero-order valence-corrected chi connectivity index (χ0v) is 18.8. The third-order valence-electron chi connectivity index (χ3n) is 5.72. The predicted octanol–water partition coefficient (Wildman–Crippen LogP) is 6.49. The van der Waals surface area contributed by atoms with Crippen molar-refractivity contribution >= 4 is 0 Å². The molecule has 1 aromatic heterocycles. The third kappa shape index (κ3) is 5.11. The molecule has 0 saturated carbocycles. The van der Waals surface area contributed by atoms with Crippen LogP contribution in [-0.2, 0) is 11.3 Å². The standard InChI is InChI=1S/C28H25N3O3/c29-18-21-12-14-24(15-13-21)34-26-19-31(27-11-4-5-16-32-27)30-28(26)23-9-6-10-25(17-23)33-20-22-7-2-1-3-8-22/h1-3,6-10,12-15,17,19,27H,4-5,11,16,20H2. The Kier molecular flexibility index (Phi) is 6.55. The molecule has 2 heterocycles. The van der Waals surface area contributed by atoms with Gasteiger partial charge in [0.25, 0.3) is 0 Å². The predicted molar refractivity (Wildman–Crippen MR) is 129 cm³/mol. The van der Waals surface area contributed by atoms with Gasteiger partial charge in [-0.3, -0.25) is 0 Å². The fourth-order valence-corrected chi connectivity index (χ4v) is 3.93. The van der Waals surface area contributed by atoms with Crippen LogP contribution in [0.5, 0.6) is 17.2 Å². The Morgan fingerprint density at radius 2 is 1.82 bits per heavy atom. The first kappa shape index (κ1) is 21.7. The summed E-state index contributed by atoms with van der Waals surface area (Å²) in [5.74, 6) is 2.02. The molecule has 0 bridgehead atoms. The van der Waals surface area contributed by atoms with Gasteiger partial charge in [-0.25, -0.2) is 4.68 Å². The zero-order chi connectivity index (χ0) is 23.2. The van der Waals surface area contributed by atoms with Crippen LogP contribution in [0.3, 0.4) is 0 Å². The molecular formula is C28H25N3O3. The molecule has 0 N–H and O–H groups in total. The summed E-state index contributed by atoms with van der Waals surface area (Å²) in [4.78, 5) is 0. The molecule has 5 rings (SSSR count). The Balaban J connectivity index is 1.43. The summed E-state index contributed by atoms with van der Waals surface area (Å²) in [5.41, 5.74) is 3.30. The van der Waals surface area contributed by atoms with E-state index in [1.165, 1.54) is 0 Å². The number of benzene rings is 3. The van der Waals surface area contributed by atoms with E-state index in [4.69, 9.17) is 24.6 Å². The number of hydrogen-bond donors (Lipinski definition) is 0. The van der Waals surface area contributed by atoms with Crippen molar-refractivity contribution in [2.24, 2.45) is 0 Å². The highest BCUT2D eigenvalue weighted by molar-refractivity contribution is 5.68. The first-order chi connectivity index (χ1) is 16.8. The van der Waals surface area contributed by atoms with Crippen molar-refractivity contribution in [2.45, 2.75) is 32.1 Å². The highest BCUT2D eigenvalue weighted by atomic mass is 16.5. The van der Waals surface area contributed by atoms with Gasteiger partial charge in [0.1, 0.15) is 30.0 Å². The van der Waals surface area contributed by atoms with Crippen molar-refractivity contribution < 1.29 is 14.2 Å². The molecule has 1 unspecified atom stereocenters. The number of rotatable bonds is 7. The van der Waals surface area contributed by atoms with Crippen LogP contribution < -0.4 is 9.47 Å². The lowest BCUT2D eigenvalue weighted by Gasteiger charge is -2.22. The van der Waals surface area contributed by atoms with Crippen LogP contribution in [0.25, 0.3) is 11.3 Å². The molecule has 4 aromatic rings. The molecule has 1 aliphatic heterocycles. The van der Waals surface area contributed by atoms with E-state index >= 15 is 0 Å². The SMILES string of the molecule is N#Cc1ccc(Oc2cn(C3CCCCO3)nc2-c2cccc(OCc3ccccc3)c2)cc1. The summed E-state index contributed by atoms with van der Waals surface area (Å²) in [7, 11) is 0. The molecule has 1 aliphatic rings. The summed E-state index contributed by atoms with van der Waals surface area (Å²) < 4.78 is 20.0. The first-order valence-electron chi connectivity index (χ1n) is 11.4. The van der Waals surface area contributed by atoms with Crippen LogP contribution in [0.15, 0.2) is 85.1 Å². The second-order valence-electron chi connectivity index (χ2n) is 8.18. The van der Waals surface area contributed by atoms with Crippen LogP contribution >= 0.6 is 0 Å². The molecule has 6 nitrogen and oxygen atoms in total. The minimum absolute atomic E-state index is 0.108. The topological polar surface area (TPSA) is 69.3 Å². The number of aromatic nitrogens is 2. The van der Waals surface area contributed by atoms with Crippen LogP contribution in [0.1, 0.15) is 36.6 Å². The van der Waals surface area contributed by atoms with Crippen molar-refractivity contribution in [3.05, 3.63) is 96.2 Å². The quantitative estimate of drug-likeness (QED) is 0.321. The van der Waals surface area contributed by atoms with Gasteiger partial charge in [0, 0.05) is 12.2 Å². The average Bonchev–Trinajstić information content (AvgIpc) is 3.33. The van der Waals surface area contributed by atoms with Crippen LogP contribution in [0.2, 0.25) is 0 Å². The molecule has 0 spiro atoms. The monoisotopic (exact) mass is 451 g/mol. The van der Waals surface area contributed by atoms with Gasteiger partial charge in [0.05, 0.1) is 17.8 Å². The Hall–Kier alpha value is -4.08. The minimum Gasteiger partial charge on any atom is -0.489 e. The van der Waals surface area contributed by atoms with Gasteiger partial charge in [0.2, 0.25) is 0 Å². The second kappa shape index (κ2) is 10.2. The van der Waals surface area contributed by atoms with E-state index in [0.29, 0.717) is 29.4 Å². The Bertz CT molecular complexity index is 1270. The molecule has 1 saturated heterocycles. The maximum atomic E-state index is 9.07. The maximum absolute atomic E-state index is 9.07. The van der Waals surface area contributed by atoms with Crippen molar-refractivity contribution in [1.82, 2.24) is 9.78 Å². The summed E-state index contributed by atoms with van der Waals surface area (Å²) in [6.45, 7) is 1.22. The zero-order valence-electron chi connectivity index (χ0n) is 18.8. The van der Waals surface area contributed by atoms with E-state index in [1.54, 1.807) is 24.3 Å². The lowest BCUT2D eigenvalue weighted by Crippen LogP contribution is -2.18. The summed E-state index contributed by atoms with van der Waals surface area (Å²) in [6, 6.07) is 27.1. The molecule has 0 aliphatic carbocycles. The van der Waals surface area contributed by atoms with E-state index in [9.17, 15) is 0 Å². The van der Waals surface area contributed by atoms with Crippen LogP contribution in [0.4, 0.5) is 0 Å². The Labute approximate surface area is 198 Å². The normalized spacial score (nSPS) is 15.4. The van der Waals surface area contributed by atoms with Crippen LogP contribution in [-0.4, -0.2) is 16.4 Å². The van der Waals surface area contributed by atoms with E-state index in [2.05, 4.69) is 6.07 Å². The molecule has 1 fully saturated rings. The van der Waals surface area contributed by atoms with Crippen molar-refractivity contribution in [2.75, 3.05) is 6.61 Å². The van der Waals surface area contributed by atoms with Gasteiger partial charge < -0.3 is 14.2 Å². The Morgan fingerprint density at radius 3 is 2.59 bits per heavy atom. The molecule has 0 radical (unpaired) electrons. The van der Waals surface area contributed by atoms with E-state index in [-0.39, 0.29) is 6.23 Å². The molecule has 0 amide bonds. The Morgan fingerprint density at radius 1 is 0.971 bits per heavy atom. The largest absolute Gasteiger partial charge is 0.489 e. The van der Waals surface area contributed by atoms with E-state index < -0.39 is 0 Å². The van der Waals surface area contributed by atoms with Crippen LogP contribution in [0, 0.1) is 11.3 Å². The smallest absolute Gasteiger partial charge is 0.173 e. The highest BCUT2D eigenvalue weighted by Crippen LogP contribution is 2.36.